The van der Waals surface area contributed by atoms with Gasteiger partial charge in [0.1, 0.15) is 11.4 Å². The van der Waals surface area contributed by atoms with Crippen LogP contribution in [0.5, 0.6) is 5.75 Å². The highest BCUT2D eigenvalue weighted by Gasteiger charge is 2.17. The quantitative estimate of drug-likeness (QED) is 0.218. The van der Waals surface area contributed by atoms with Gasteiger partial charge in [-0.2, -0.15) is 0 Å². The molecule has 5 nitrogen and oxygen atoms in total. The lowest BCUT2D eigenvalue weighted by Gasteiger charge is -2.11. The van der Waals surface area contributed by atoms with E-state index in [1.54, 1.807) is 37.6 Å². The van der Waals surface area contributed by atoms with Crippen molar-refractivity contribution in [3.05, 3.63) is 101 Å². The van der Waals surface area contributed by atoms with E-state index in [1.807, 2.05) is 31.2 Å². The third-order valence-electron chi connectivity index (χ3n) is 5.03. The Morgan fingerprint density at radius 1 is 0.912 bits per heavy atom. The minimum Gasteiger partial charge on any atom is -0.497 e. The van der Waals surface area contributed by atoms with E-state index in [4.69, 9.17) is 4.74 Å². The van der Waals surface area contributed by atoms with Crippen molar-refractivity contribution in [1.29, 1.82) is 0 Å². The second-order valence-electron chi connectivity index (χ2n) is 7.74. The van der Waals surface area contributed by atoms with Crippen molar-refractivity contribution in [2.24, 2.45) is 0 Å². The van der Waals surface area contributed by atoms with Crippen LogP contribution in [-0.2, 0) is 5.75 Å². The van der Waals surface area contributed by atoms with Gasteiger partial charge in [0, 0.05) is 22.5 Å². The summed E-state index contributed by atoms with van der Waals surface area (Å²) in [5.41, 5.74) is 4.61. The number of hydrogen-bond donors (Lipinski definition) is 1. The first-order valence-electron chi connectivity index (χ1n) is 10.8. The highest BCUT2D eigenvalue weighted by Crippen LogP contribution is 2.31. The largest absolute Gasteiger partial charge is 0.497 e. The number of nitrogens with one attached hydrogen (secondary N) is 1. The Labute approximate surface area is 208 Å². The zero-order chi connectivity index (χ0) is 23.9. The Kier molecular flexibility index (Phi) is 7.87. The van der Waals surface area contributed by atoms with E-state index < -0.39 is 0 Å². The van der Waals surface area contributed by atoms with Crippen LogP contribution in [0.25, 0.3) is 0 Å². The summed E-state index contributed by atoms with van der Waals surface area (Å²) >= 11 is 2.99. The van der Waals surface area contributed by atoms with E-state index in [0.717, 1.165) is 16.4 Å². The molecule has 172 valence electrons. The number of nitrogens with zero attached hydrogens (tertiary/aromatic N) is 2. The number of amides is 1. The predicted molar refractivity (Wildman–Crippen MR) is 139 cm³/mol. The number of hydrogen-bond acceptors (Lipinski definition) is 6. The number of ether oxygens (including phenoxy) is 1. The summed E-state index contributed by atoms with van der Waals surface area (Å²) < 4.78 is 5.20. The molecule has 7 heteroatoms. The monoisotopic (exact) mass is 487 g/mol. The van der Waals surface area contributed by atoms with Crippen molar-refractivity contribution in [3.63, 3.8) is 0 Å². The van der Waals surface area contributed by atoms with E-state index in [-0.39, 0.29) is 5.91 Å². The minimum absolute atomic E-state index is 0.278. The van der Waals surface area contributed by atoms with Gasteiger partial charge in [0.05, 0.1) is 12.0 Å². The van der Waals surface area contributed by atoms with Crippen LogP contribution in [-0.4, -0.2) is 23.0 Å². The Bertz CT molecular complexity index is 1260. The van der Waals surface area contributed by atoms with Crippen molar-refractivity contribution >= 4 is 35.1 Å². The number of carbonyl (C=O) groups excluding carboxylic acids is 1. The van der Waals surface area contributed by atoms with Crippen LogP contribution >= 0.6 is 23.5 Å². The molecule has 3 aromatic carbocycles. The summed E-state index contributed by atoms with van der Waals surface area (Å²) in [6.45, 7) is 4.11. The lowest BCUT2D eigenvalue weighted by atomic mass is 10.2. The van der Waals surface area contributed by atoms with Crippen molar-refractivity contribution in [1.82, 2.24) is 9.97 Å². The van der Waals surface area contributed by atoms with E-state index >= 15 is 0 Å². The number of rotatable bonds is 8. The Morgan fingerprint density at radius 3 is 2.21 bits per heavy atom. The third-order valence-corrected chi connectivity index (χ3v) is 6.99. The smallest absolute Gasteiger partial charge is 0.275 e. The van der Waals surface area contributed by atoms with Crippen LogP contribution in [0.1, 0.15) is 27.2 Å². The maximum absolute atomic E-state index is 13.2. The SMILES string of the molecule is COc1ccc(NC(=O)c2nc(SCc3ccc(C)cc3)ncc2Sc2ccc(C)cc2)cc1. The van der Waals surface area contributed by atoms with Crippen LogP contribution < -0.4 is 10.1 Å². The zero-order valence-electron chi connectivity index (χ0n) is 19.2. The average molecular weight is 488 g/mol. The Balaban J connectivity index is 1.58. The first-order valence-corrected chi connectivity index (χ1v) is 12.6. The molecule has 1 aromatic heterocycles. The number of anilines is 1. The summed E-state index contributed by atoms with van der Waals surface area (Å²) in [6.07, 6.45) is 1.73. The molecule has 0 unspecified atom stereocenters. The first kappa shape index (κ1) is 23.9. The summed E-state index contributed by atoms with van der Waals surface area (Å²) in [5.74, 6) is 1.18. The van der Waals surface area contributed by atoms with Gasteiger partial charge in [0.2, 0.25) is 0 Å². The lowest BCUT2D eigenvalue weighted by Crippen LogP contribution is -2.16. The summed E-state index contributed by atoms with van der Waals surface area (Å²) in [4.78, 5) is 24.1. The van der Waals surface area contributed by atoms with E-state index in [9.17, 15) is 4.79 Å². The van der Waals surface area contributed by atoms with Crippen LogP contribution in [0.2, 0.25) is 0 Å². The summed E-state index contributed by atoms with van der Waals surface area (Å²) in [7, 11) is 1.61. The first-order chi connectivity index (χ1) is 16.5. The van der Waals surface area contributed by atoms with E-state index in [2.05, 4.69) is 46.5 Å². The predicted octanol–water partition coefficient (Wildman–Crippen LogP) is 6.80. The van der Waals surface area contributed by atoms with Crippen LogP contribution in [0.4, 0.5) is 5.69 Å². The maximum atomic E-state index is 13.2. The molecular weight excluding hydrogens is 462 g/mol. The molecule has 4 rings (SSSR count). The van der Waals surface area contributed by atoms with Gasteiger partial charge in [-0.15, -0.1) is 0 Å². The van der Waals surface area contributed by atoms with Crippen molar-refractivity contribution < 1.29 is 9.53 Å². The normalized spacial score (nSPS) is 10.7. The topological polar surface area (TPSA) is 64.1 Å². The van der Waals surface area contributed by atoms with Crippen molar-refractivity contribution in [3.8, 4) is 5.75 Å². The number of benzene rings is 3. The number of thioether (sulfide) groups is 1. The Morgan fingerprint density at radius 2 is 1.56 bits per heavy atom. The van der Waals surface area contributed by atoms with Crippen molar-refractivity contribution in [2.45, 2.75) is 34.5 Å². The fourth-order valence-electron chi connectivity index (χ4n) is 3.09. The molecule has 0 aliphatic carbocycles. The highest BCUT2D eigenvalue weighted by atomic mass is 32.2. The molecule has 1 N–H and O–H groups in total. The molecule has 0 bridgehead atoms. The van der Waals surface area contributed by atoms with Gasteiger partial charge in [-0.05, 0) is 55.8 Å². The lowest BCUT2D eigenvalue weighted by molar-refractivity contribution is 0.101. The van der Waals surface area contributed by atoms with E-state index in [0.29, 0.717) is 21.4 Å². The van der Waals surface area contributed by atoms with E-state index in [1.165, 1.54) is 40.2 Å². The second-order valence-corrected chi connectivity index (χ2v) is 9.80. The van der Waals surface area contributed by atoms with Gasteiger partial charge in [0.25, 0.3) is 5.91 Å². The Hall–Kier alpha value is -3.29. The molecule has 0 atom stereocenters. The van der Waals surface area contributed by atoms with Gasteiger partial charge in [-0.25, -0.2) is 9.97 Å². The zero-order valence-corrected chi connectivity index (χ0v) is 20.9. The van der Waals surface area contributed by atoms with Gasteiger partial charge in [-0.3, -0.25) is 4.79 Å². The number of methoxy groups -OCH3 is 1. The van der Waals surface area contributed by atoms with Crippen molar-refractivity contribution in [2.75, 3.05) is 12.4 Å². The molecule has 0 fully saturated rings. The maximum Gasteiger partial charge on any atom is 0.275 e. The highest BCUT2D eigenvalue weighted by molar-refractivity contribution is 7.99. The average Bonchev–Trinajstić information content (AvgIpc) is 2.86. The molecule has 4 aromatic rings. The van der Waals surface area contributed by atoms with Gasteiger partial charge in [-0.1, -0.05) is 71.0 Å². The second kappa shape index (κ2) is 11.2. The van der Waals surface area contributed by atoms with Gasteiger partial charge < -0.3 is 10.1 Å². The number of aromatic nitrogens is 2. The minimum atomic E-state index is -0.278. The fourth-order valence-corrected chi connectivity index (χ4v) is 4.73. The molecule has 0 saturated heterocycles. The van der Waals surface area contributed by atoms with Crippen LogP contribution in [0.3, 0.4) is 0 Å². The molecule has 0 aliphatic heterocycles. The standard InChI is InChI=1S/C27H25N3O2S2/c1-18-4-8-20(9-5-18)17-33-27-28-16-24(34-23-14-6-19(2)7-15-23)25(30-27)26(31)29-21-10-12-22(32-3)13-11-21/h4-16H,17H2,1-3H3,(H,29,31). The molecule has 34 heavy (non-hydrogen) atoms. The summed E-state index contributed by atoms with van der Waals surface area (Å²) in [6, 6.07) is 23.8. The molecule has 1 heterocycles. The summed E-state index contributed by atoms with van der Waals surface area (Å²) in [5, 5.41) is 3.51. The van der Waals surface area contributed by atoms with Crippen LogP contribution in [0, 0.1) is 13.8 Å². The molecule has 0 aliphatic rings. The number of aryl methyl sites for hydroxylation is 2. The molecule has 0 radical (unpaired) electrons. The number of carbonyl (C=O) groups is 1. The molecule has 1 amide bonds. The molecular formula is C27H25N3O2S2. The third kappa shape index (κ3) is 6.40. The van der Waals surface area contributed by atoms with Gasteiger partial charge in [0.15, 0.2) is 5.16 Å². The van der Waals surface area contributed by atoms with Crippen LogP contribution in [0.15, 0.2) is 93.9 Å². The molecule has 0 saturated carbocycles. The van der Waals surface area contributed by atoms with Gasteiger partial charge >= 0.3 is 0 Å². The fraction of sp³-hybridized carbons (Fsp3) is 0.148. The molecule has 0 spiro atoms.